The maximum absolute atomic E-state index is 13.0. The second-order valence-corrected chi connectivity index (χ2v) is 8.28. The summed E-state index contributed by atoms with van der Waals surface area (Å²) in [6, 6.07) is 8.25. The van der Waals surface area contributed by atoms with Crippen LogP contribution in [0.4, 0.5) is 0 Å². The standard InChI is InChI=1S/C22H33N3O/c1-4-5-8-15-25-16-19(18-11-6-7-12-20(18)25)21(26)23-22(2,3)17-24-13-9-10-14-24/h6-7,11-12,16H,4-5,8-10,13-15,17H2,1-3H3,(H,23,26). The van der Waals surface area contributed by atoms with E-state index in [0.717, 1.165) is 49.1 Å². The number of fused-ring (bicyclic) bond motifs is 1. The summed E-state index contributed by atoms with van der Waals surface area (Å²) in [5.74, 6) is 0.0413. The van der Waals surface area contributed by atoms with Gasteiger partial charge in [-0.2, -0.15) is 0 Å². The predicted molar refractivity (Wildman–Crippen MR) is 109 cm³/mol. The largest absolute Gasteiger partial charge is 0.347 e. The molecule has 0 aliphatic carbocycles. The Morgan fingerprint density at radius 3 is 2.62 bits per heavy atom. The Labute approximate surface area is 157 Å². The number of aromatic nitrogens is 1. The zero-order valence-corrected chi connectivity index (χ0v) is 16.6. The number of para-hydroxylation sites is 1. The maximum atomic E-state index is 13.0. The fourth-order valence-corrected chi connectivity index (χ4v) is 4.06. The molecule has 1 aliphatic rings. The van der Waals surface area contributed by atoms with Crippen molar-refractivity contribution >= 4 is 16.8 Å². The maximum Gasteiger partial charge on any atom is 0.253 e. The summed E-state index contributed by atoms with van der Waals surface area (Å²) in [4.78, 5) is 15.5. The van der Waals surface area contributed by atoms with Crippen LogP contribution < -0.4 is 5.32 Å². The number of hydrogen-bond donors (Lipinski definition) is 1. The number of hydrogen-bond acceptors (Lipinski definition) is 2. The number of likely N-dealkylation sites (tertiary alicyclic amines) is 1. The summed E-state index contributed by atoms with van der Waals surface area (Å²) in [6.07, 6.45) is 8.16. The highest BCUT2D eigenvalue weighted by atomic mass is 16.1. The number of aryl methyl sites for hydroxylation is 1. The third kappa shape index (κ3) is 4.47. The molecular formula is C22H33N3O. The average Bonchev–Trinajstić information content (AvgIpc) is 3.22. The van der Waals surface area contributed by atoms with Gasteiger partial charge in [0.2, 0.25) is 0 Å². The first-order valence-corrected chi connectivity index (χ1v) is 10.1. The van der Waals surface area contributed by atoms with Gasteiger partial charge in [-0.25, -0.2) is 0 Å². The SMILES string of the molecule is CCCCCn1cc(C(=O)NC(C)(C)CN2CCCC2)c2ccccc21. The van der Waals surface area contributed by atoms with Crippen molar-refractivity contribution in [2.24, 2.45) is 0 Å². The molecule has 2 aromatic rings. The number of rotatable bonds is 8. The van der Waals surface area contributed by atoms with Gasteiger partial charge in [0.05, 0.1) is 5.56 Å². The first kappa shape index (κ1) is 19.0. The average molecular weight is 356 g/mol. The van der Waals surface area contributed by atoms with Gasteiger partial charge in [0.25, 0.3) is 5.91 Å². The lowest BCUT2D eigenvalue weighted by Crippen LogP contribution is -2.50. The van der Waals surface area contributed by atoms with E-state index in [1.54, 1.807) is 0 Å². The second kappa shape index (κ2) is 8.26. The normalized spacial score (nSPS) is 15.7. The Hall–Kier alpha value is -1.81. The van der Waals surface area contributed by atoms with Gasteiger partial charge in [-0.15, -0.1) is 0 Å². The molecular weight excluding hydrogens is 322 g/mol. The number of carbonyl (C=O) groups is 1. The van der Waals surface area contributed by atoms with Crippen LogP contribution in [0.5, 0.6) is 0 Å². The molecule has 26 heavy (non-hydrogen) atoms. The molecule has 0 spiro atoms. The lowest BCUT2D eigenvalue weighted by atomic mass is 10.0. The lowest BCUT2D eigenvalue weighted by molar-refractivity contribution is 0.0895. The number of nitrogens with one attached hydrogen (secondary N) is 1. The fraction of sp³-hybridized carbons (Fsp3) is 0.591. The molecule has 2 heterocycles. The van der Waals surface area contributed by atoms with Crippen LogP contribution in [0.2, 0.25) is 0 Å². The summed E-state index contributed by atoms with van der Waals surface area (Å²) in [5, 5.41) is 4.33. The Balaban J connectivity index is 1.76. The topological polar surface area (TPSA) is 37.3 Å². The highest BCUT2D eigenvalue weighted by Crippen LogP contribution is 2.23. The van der Waals surface area contributed by atoms with Gasteiger partial charge in [-0.3, -0.25) is 4.79 Å². The van der Waals surface area contributed by atoms with E-state index in [9.17, 15) is 4.79 Å². The van der Waals surface area contributed by atoms with Crippen molar-refractivity contribution in [1.29, 1.82) is 0 Å². The van der Waals surface area contributed by atoms with Crippen molar-refractivity contribution in [2.75, 3.05) is 19.6 Å². The Kier molecular flexibility index (Phi) is 6.02. The minimum atomic E-state index is -0.229. The molecule has 4 nitrogen and oxygen atoms in total. The first-order valence-electron chi connectivity index (χ1n) is 10.1. The van der Waals surface area contributed by atoms with Crippen molar-refractivity contribution in [2.45, 2.75) is 65.0 Å². The van der Waals surface area contributed by atoms with Gasteiger partial charge in [-0.1, -0.05) is 38.0 Å². The fourth-order valence-electron chi connectivity index (χ4n) is 4.06. The minimum absolute atomic E-state index is 0.0413. The van der Waals surface area contributed by atoms with Gasteiger partial charge in [0.1, 0.15) is 0 Å². The van der Waals surface area contributed by atoms with Gasteiger partial charge < -0.3 is 14.8 Å². The van der Waals surface area contributed by atoms with Crippen LogP contribution >= 0.6 is 0 Å². The summed E-state index contributed by atoms with van der Waals surface area (Å²) < 4.78 is 2.24. The number of benzene rings is 1. The Morgan fingerprint density at radius 2 is 1.88 bits per heavy atom. The van der Waals surface area contributed by atoms with Crippen molar-refractivity contribution in [3.8, 4) is 0 Å². The van der Waals surface area contributed by atoms with Crippen LogP contribution in [-0.2, 0) is 6.54 Å². The quantitative estimate of drug-likeness (QED) is 0.711. The van der Waals surface area contributed by atoms with Crippen molar-refractivity contribution in [3.63, 3.8) is 0 Å². The molecule has 1 aliphatic heterocycles. The van der Waals surface area contributed by atoms with E-state index < -0.39 is 0 Å². The van der Waals surface area contributed by atoms with E-state index in [1.165, 1.54) is 25.7 Å². The molecule has 3 rings (SSSR count). The highest BCUT2D eigenvalue weighted by Gasteiger charge is 2.27. The highest BCUT2D eigenvalue weighted by molar-refractivity contribution is 6.07. The van der Waals surface area contributed by atoms with Crippen LogP contribution in [0.3, 0.4) is 0 Å². The Morgan fingerprint density at radius 1 is 1.15 bits per heavy atom. The van der Waals surface area contributed by atoms with E-state index in [-0.39, 0.29) is 11.4 Å². The van der Waals surface area contributed by atoms with Crippen LogP contribution in [0.15, 0.2) is 30.5 Å². The van der Waals surface area contributed by atoms with Crippen molar-refractivity contribution in [1.82, 2.24) is 14.8 Å². The second-order valence-electron chi connectivity index (χ2n) is 8.28. The summed E-state index contributed by atoms with van der Waals surface area (Å²) in [5.41, 5.74) is 1.73. The zero-order valence-electron chi connectivity index (χ0n) is 16.6. The molecule has 1 N–H and O–H groups in total. The molecule has 0 bridgehead atoms. The van der Waals surface area contributed by atoms with E-state index in [2.05, 4.69) is 53.8 Å². The molecule has 1 saturated heterocycles. The first-order chi connectivity index (χ1) is 12.5. The molecule has 1 fully saturated rings. The molecule has 4 heteroatoms. The summed E-state index contributed by atoms with van der Waals surface area (Å²) in [6.45, 7) is 10.7. The zero-order chi connectivity index (χ0) is 18.6. The number of amides is 1. The number of nitrogens with zero attached hydrogens (tertiary/aromatic N) is 2. The molecule has 0 radical (unpaired) electrons. The van der Waals surface area contributed by atoms with E-state index in [4.69, 9.17) is 0 Å². The number of unbranched alkanes of at least 4 members (excludes halogenated alkanes) is 2. The molecule has 1 amide bonds. The van der Waals surface area contributed by atoms with Crippen LogP contribution in [0, 0.1) is 0 Å². The van der Waals surface area contributed by atoms with Crippen LogP contribution in [0.1, 0.15) is 63.2 Å². The molecule has 1 aromatic carbocycles. The minimum Gasteiger partial charge on any atom is -0.347 e. The van der Waals surface area contributed by atoms with Gasteiger partial charge in [-0.05, 0) is 52.3 Å². The van der Waals surface area contributed by atoms with E-state index in [1.807, 2.05) is 12.3 Å². The molecule has 1 aromatic heterocycles. The molecule has 142 valence electrons. The third-order valence-corrected chi connectivity index (χ3v) is 5.31. The molecule has 0 saturated carbocycles. The third-order valence-electron chi connectivity index (χ3n) is 5.31. The monoisotopic (exact) mass is 355 g/mol. The lowest BCUT2D eigenvalue weighted by Gasteiger charge is -2.31. The van der Waals surface area contributed by atoms with E-state index >= 15 is 0 Å². The van der Waals surface area contributed by atoms with Crippen molar-refractivity contribution in [3.05, 3.63) is 36.0 Å². The van der Waals surface area contributed by atoms with Gasteiger partial charge in [0, 0.05) is 35.7 Å². The number of carbonyl (C=O) groups excluding carboxylic acids is 1. The van der Waals surface area contributed by atoms with Crippen molar-refractivity contribution < 1.29 is 4.79 Å². The molecule has 0 atom stereocenters. The van der Waals surface area contributed by atoms with E-state index in [0.29, 0.717) is 0 Å². The summed E-state index contributed by atoms with van der Waals surface area (Å²) in [7, 11) is 0. The smallest absolute Gasteiger partial charge is 0.253 e. The summed E-state index contributed by atoms with van der Waals surface area (Å²) >= 11 is 0. The Bertz CT molecular complexity index is 741. The molecule has 0 unspecified atom stereocenters. The van der Waals surface area contributed by atoms with Gasteiger partial charge >= 0.3 is 0 Å². The van der Waals surface area contributed by atoms with Gasteiger partial charge in [0.15, 0.2) is 0 Å². The van der Waals surface area contributed by atoms with Crippen LogP contribution in [0.25, 0.3) is 10.9 Å². The predicted octanol–water partition coefficient (Wildman–Crippen LogP) is 4.44. The van der Waals surface area contributed by atoms with Crippen LogP contribution in [-0.4, -0.2) is 40.5 Å².